The second kappa shape index (κ2) is 4.41. The molecule has 14 heavy (non-hydrogen) atoms. The van der Waals surface area contributed by atoms with Gasteiger partial charge in [0.2, 0.25) is 0 Å². The van der Waals surface area contributed by atoms with Crippen LogP contribution in [0.5, 0.6) is 0 Å². The summed E-state index contributed by atoms with van der Waals surface area (Å²) in [6.07, 6.45) is 0. The SMILES string of the molecule is Bc1cc(Br)c(-c2sc(Br)cc2Br)s1. The molecular formula is C8H4BBr3S2. The molecule has 0 bridgehead atoms. The van der Waals surface area contributed by atoms with Crippen molar-refractivity contribution >= 4 is 83.1 Å². The molecule has 2 rings (SSSR count). The molecule has 0 amide bonds. The predicted molar refractivity (Wildman–Crippen MR) is 78.9 cm³/mol. The van der Waals surface area contributed by atoms with Crippen molar-refractivity contribution in [3.8, 4) is 9.75 Å². The first-order chi connectivity index (χ1) is 6.58. The highest BCUT2D eigenvalue weighted by Crippen LogP contribution is 2.43. The number of halogens is 3. The topological polar surface area (TPSA) is 0 Å². The van der Waals surface area contributed by atoms with Crippen molar-refractivity contribution in [1.29, 1.82) is 0 Å². The van der Waals surface area contributed by atoms with Crippen molar-refractivity contribution in [2.24, 2.45) is 0 Å². The Kier molecular flexibility index (Phi) is 3.59. The molecule has 0 aliphatic carbocycles. The molecule has 0 unspecified atom stereocenters. The fourth-order valence-corrected chi connectivity index (χ4v) is 6.01. The monoisotopic (exact) mass is 412 g/mol. The summed E-state index contributed by atoms with van der Waals surface area (Å²) >= 11 is 14.2. The third-order valence-electron chi connectivity index (χ3n) is 1.67. The van der Waals surface area contributed by atoms with Gasteiger partial charge in [-0.05, 0) is 64.7 Å². The minimum atomic E-state index is 1.15. The molecule has 2 heterocycles. The molecule has 0 radical (unpaired) electrons. The molecule has 0 aliphatic heterocycles. The Balaban J connectivity index is 2.59. The van der Waals surface area contributed by atoms with Crippen molar-refractivity contribution in [3.63, 3.8) is 0 Å². The smallest absolute Gasteiger partial charge is 0.149 e. The fourth-order valence-electron chi connectivity index (χ4n) is 1.13. The van der Waals surface area contributed by atoms with Crippen molar-refractivity contribution in [2.45, 2.75) is 0 Å². The normalized spacial score (nSPS) is 10.8. The quantitative estimate of drug-likeness (QED) is 0.618. The molecule has 0 fully saturated rings. The summed E-state index contributed by atoms with van der Waals surface area (Å²) in [7, 11) is 2.12. The van der Waals surface area contributed by atoms with E-state index in [2.05, 4.69) is 67.8 Å². The van der Waals surface area contributed by atoms with Crippen molar-refractivity contribution in [1.82, 2.24) is 0 Å². The van der Waals surface area contributed by atoms with Gasteiger partial charge in [0.1, 0.15) is 0 Å². The zero-order chi connectivity index (χ0) is 10.3. The summed E-state index contributed by atoms with van der Waals surface area (Å²) in [4.78, 5) is 2.58. The zero-order valence-corrected chi connectivity index (χ0v) is 13.5. The Labute approximate surface area is 117 Å². The standard InChI is InChI=1S/C8H4BBr3S2/c9-5-1-3(10)7(13-5)8-4(11)2-6(12)14-8/h1-2H,9H2. The van der Waals surface area contributed by atoms with Gasteiger partial charge in [-0.1, -0.05) is 0 Å². The lowest BCUT2D eigenvalue weighted by Crippen LogP contribution is -1.88. The van der Waals surface area contributed by atoms with E-state index in [1.807, 2.05) is 11.3 Å². The summed E-state index contributed by atoms with van der Waals surface area (Å²) < 4.78 is 4.80. The first-order valence-corrected chi connectivity index (χ1v) is 7.80. The maximum Gasteiger partial charge on any atom is 0.152 e. The van der Waals surface area contributed by atoms with Crippen LogP contribution >= 0.6 is 70.5 Å². The second-order valence-electron chi connectivity index (χ2n) is 2.76. The van der Waals surface area contributed by atoms with E-state index in [9.17, 15) is 0 Å². The fraction of sp³-hybridized carbons (Fsp3) is 0. The molecule has 0 saturated carbocycles. The molecule has 0 nitrogen and oxygen atoms in total. The Hall–Kier alpha value is 0.905. The predicted octanol–water partition coefficient (Wildman–Crippen LogP) is 4.02. The number of hydrogen-bond acceptors (Lipinski definition) is 2. The van der Waals surface area contributed by atoms with E-state index >= 15 is 0 Å². The molecule has 2 aromatic heterocycles. The van der Waals surface area contributed by atoms with E-state index in [1.165, 1.54) is 19.0 Å². The molecule has 2 aromatic rings. The van der Waals surface area contributed by atoms with Crippen LogP contribution in [0, 0.1) is 0 Å². The average molecular weight is 415 g/mol. The number of hydrogen-bond donors (Lipinski definition) is 0. The molecule has 0 saturated heterocycles. The molecule has 0 aliphatic rings. The second-order valence-corrected chi connectivity index (χ2v) is 8.16. The first-order valence-electron chi connectivity index (χ1n) is 3.79. The molecule has 0 atom stereocenters. The third-order valence-corrected chi connectivity index (χ3v) is 6.30. The van der Waals surface area contributed by atoms with Crippen molar-refractivity contribution in [2.75, 3.05) is 0 Å². The summed E-state index contributed by atoms with van der Waals surface area (Å²) in [6.45, 7) is 0. The van der Waals surface area contributed by atoms with Crippen LogP contribution in [0.1, 0.15) is 0 Å². The van der Waals surface area contributed by atoms with Crippen molar-refractivity contribution < 1.29 is 0 Å². The molecule has 0 spiro atoms. The van der Waals surface area contributed by atoms with Gasteiger partial charge in [0.15, 0.2) is 7.85 Å². The van der Waals surface area contributed by atoms with Gasteiger partial charge in [-0.25, -0.2) is 0 Å². The maximum atomic E-state index is 3.58. The van der Waals surface area contributed by atoms with Gasteiger partial charge in [0.05, 0.1) is 13.5 Å². The van der Waals surface area contributed by atoms with E-state index in [4.69, 9.17) is 0 Å². The minimum absolute atomic E-state index is 1.15. The van der Waals surface area contributed by atoms with Gasteiger partial charge in [-0.2, -0.15) is 0 Å². The summed E-state index contributed by atoms with van der Waals surface area (Å²) in [6, 6.07) is 4.24. The summed E-state index contributed by atoms with van der Waals surface area (Å²) in [5.74, 6) is 0. The van der Waals surface area contributed by atoms with Crippen LogP contribution in [0.2, 0.25) is 0 Å². The van der Waals surface area contributed by atoms with Gasteiger partial charge in [-0.3, -0.25) is 0 Å². The van der Waals surface area contributed by atoms with Crippen LogP contribution in [-0.4, -0.2) is 7.85 Å². The van der Waals surface area contributed by atoms with E-state index in [0.717, 1.165) is 8.26 Å². The lowest BCUT2D eigenvalue weighted by molar-refractivity contribution is 1.80. The molecular weight excluding hydrogens is 411 g/mol. The Morgan fingerprint density at radius 2 is 1.50 bits per heavy atom. The van der Waals surface area contributed by atoms with Crippen LogP contribution in [0.3, 0.4) is 0 Å². The van der Waals surface area contributed by atoms with Gasteiger partial charge in [0, 0.05) is 8.95 Å². The first kappa shape index (κ1) is 11.4. The van der Waals surface area contributed by atoms with E-state index in [1.54, 1.807) is 11.3 Å². The largest absolute Gasteiger partial charge is 0.152 e. The Morgan fingerprint density at radius 3 is 1.93 bits per heavy atom. The molecule has 0 aromatic carbocycles. The highest BCUT2D eigenvalue weighted by molar-refractivity contribution is 9.11. The number of rotatable bonds is 1. The number of thiophene rings is 2. The van der Waals surface area contributed by atoms with E-state index in [0.29, 0.717) is 0 Å². The van der Waals surface area contributed by atoms with Crippen LogP contribution in [0.4, 0.5) is 0 Å². The lowest BCUT2D eigenvalue weighted by Gasteiger charge is -1.94. The highest BCUT2D eigenvalue weighted by atomic mass is 79.9. The maximum absolute atomic E-state index is 3.58. The van der Waals surface area contributed by atoms with Crippen LogP contribution in [0.15, 0.2) is 24.9 Å². The van der Waals surface area contributed by atoms with Crippen LogP contribution < -0.4 is 4.78 Å². The Morgan fingerprint density at radius 1 is 0.929 bits per heavy atom. The molecule has 72 valence electrons. The minimum Gasteiger partial charge on any atom is -0.149 e. The van der Waals surface area contributed by atoms with Crippen molar-refractivity contribution in [3.05, 3.63) is 24.9 Å². The van der Waals surface area contributed by atoms with Gasteiger partial charge in [-0.15, -0.1) is 22.7 Å². The molecule has 0 N–H and O–H groups in total. The Bertz CT molecular complexity index is 431. The van der Waals surface area contributed by atoms with Gasteiger partial charge < -0.3 is 0 Å². The molecule has 6 heteroatoms. The summed E-state index contributed by atoms with van der Waals surface area (Å²) in [5.41, 5.74) is 0. The van der Waals surface area contributed by atoms with Crippen LogP contribution in [-0.2, 0) is 0 Å². The highest BCUT2D eigenvalue weighted by Gasteiger charge is 2.13. The van der Waals surface area contributed by atoms with E-state index < -0.39 is 0 Å². The third kappa shape index (κ3) is 2.19. The lowest BCUT2D eigenvalue weighted by atomic mass is 10.1. The van der Waals surface area contributed by atoms with Crippen LogP contribution in [0.25, 0.3) is 9.75 Å². The average Bonchev–Trinajstić information content (AvgIpc) is 2.55. The van der Waals surface area contributed by atoms with Gasteiger partial charge >= 0.3 is 0 Å². The van der Waals surface area contributed by atoms with Gasteiger partial charge in [0.25, 0.3) is 0 Å². The zero-order valence-electron chi connectivity index (χ0n) is 7.11. The van der Waals surface area contributed by atoms with E-state index in [-0.39, 0.29) is 0 Å². The summed E-state index contributed by atoms with van der Waals surface area (Å²) in [5, 5.41) is 0.